The standard InChI is InChI=1S/C19H19N5O5/c1-3-14-12(19(26)27)9-16(29-14)18(25)20-11-6-7-15(28-2)13(8-11)24-17(10-4-5-10)21-22-23-24/h6-10H,3-5H2,1-2H3,(H,20,25)(H,26,27). The van der Waals surface area contributed by atoms with Crippen LogP contribution in [0.1, 0.15) is 58.2 Å². The van der Waals surface area contributed by atoms with Crippen molar-refractivity contribution >= 4 is 17.6 Å². The van der Waals surface area contributed by atoms with E-state index in [0.717, 1.165) is 18.7 Å². The minimum Gasteiger partial charge on any atom is -0.494 e. The van der Waals surface area contributed by atoms with Gasteiger partial charge in [0.2, 0.25) is 0 Å². The normalized spacial score (nSPS) is 13.3. The molecule has 1 aromatic carbocycles. The Morgan fingerprint density at radius 2 is 2.14 bits per heavy atom. The Hall–Kier alpha value is -3.69. The quantitative estimate of drug-likeness (QED) is 0.622. The number of aromatic carboxylic acids is 1. The van der Waals surface area contributed by atoms with E-state index in [0.29, 0.717) is 29.5 Å². The van der Waals surface area contributed by atoms with Crippen molar-refractivity contribution in [3.8, 4) is 11.4 Å². The molecule has 2 aromatic heterocycles. The average Bonchev–Trinajstić information content (AvgIpc) is 3.27. The molecule has 10 nitrogen and oxygen atoms in total. The van der Waals surface area contributed by atoms with Gasteiger partial charge in [0.1, 0.15) is 22.8 Å². The molecule has 10 heteroatoms. The van der Waals surface area contributed by atoms with E-state index in [1.54, 1.807) is 36.9 Å². The Balaban J connectivity index is 1.63. The molecule has 29 heavy (non-hydrogen) atoms. The number of furan rings is 1. The Morgan fingerprint density at radius 3 is 2.76 bits per heavy atom. The van der Waals surface area contributed by atoms with Crippen LogP contribution in [0.25, 0.3) is 5.69 Å². The topological polar surface area (TPSA) is 132 Å². The third-order valence-corrected chi connectivity index (χ3v) is 4.69. The zero-order valence-electron chi connectivity index (χ0n) is 15.9. The van der Waals surface area contributed by atoms with Gasteiger partial charge in [0.05, 0.1) is 7.11 Å². The molecule has 0 unspecified atom stereocenters. The maximum absolute atomic E-state index is 12.6. The molecule has 1 aliphatic rings. The SMILES string of the molecule is CCc1oc(C(=O)Nc2ccc(OC)c(-n3nnnc3C3CC3)c2)cc1C(=O)O. The number of carboxylic acids is 1. The van der Waals surface area contributed by atoms with Crippen molar-refractivity contribution in [2.24, 2.45) is 0 Å². The summed E-state index contributed by atoms with van der Waals surface area (Å²) >= 11 is 0. The van der Waals surface area contributed by atoms with E-state index < -0.39 is 11.9 Å². The van der Waals surface area contributed by atoms with E-state index in [-0.39, 0.29) is 17.1 Å². The van der Waals surface area contributed by atoms with Crippen molar-refractivity contribution < 1.29 is 23.8 Å². The van der Waals surface area contributed by atoms with Crippen LogP contribution >= 0.6 is 0 Å². The van der Waals surface area contributed by atoms with Crippen LogP contribution in [0.3, 0.4) is 0 Å². The third-order valence-electron chi connectivity index (χ3n) is 4.69. The summed E-state index contributed by atoms with van der Waals surface area (Å²) in [7, 11) is 1.54. The molecule has 3 aromatic rings. The molecule has 4 rings (SSSR count). The van der Waals surface area contributed by atoms with Crippen molar-refractivity contribution in [1.82, 2.24) is 20.2 Å². The first-order chi connectivity index (χ1) is 14.0. The summed E-state index contributed by atoms with van der Waals surface area (Å²) in [5.74, 6) is 0.106. The lowest BCUT2D eigenvalue weighted by Crippen LogP contribution is -2.12. The first-order valence-corrected chi connectivity index (χ1v) is 9.15. The largest absolute Gasteiger partial charge is 0.494 e. The summed E-state index contributed by atoms with van der Waals surface area (Å²) in [5, 5.41) is 23.9. The van der Waals surface area contributed by atoms with E-state index in [1.807, 2.05) is 0 Å². The molecule has 2 N–H and O–H groups in total. The number of tetrazole rings is 1. The second kappa shape index (κ2) is 7.38. The van der Waals surface area contributed by atoms with Gasteiger partial charge in [-0.2, -0.15) is 4.68 Å². The minimum absolute atomic E-state index is 0.0177. The predicted octanol–water partition coefficient (Wildman–Crippen LogP) is 2.65. The van der Waals surface area contributed by atoms with Crippen molar-refractivity contribution in [1.29, 1.82) is 0 Å². The van der Waals surface area contributed by atoms with Crippen molar-refractivity contribution in [3.63, 3.8) is 0 Å². The molecule has 2 heterocycles. The number of aryl methyl sites for hydroxylation is 1. The second-order valence-electron chi connectivity index (χ2n) is 6.67. The fraction of sp³-hybridized carbons (Fsp3) is 0.316. The van der Waals surface area contributed by atoms with Gasteiger partial charge >= 0.3 is 5.97 Å². The zero-order chi connectivity index (χ0) is 20.5. The lowest BCUT2D eigenvalue weighted by atomic mass is 10.2. The van der Waals surface area contributed by atoms with Crippen molar-refractivity contribution in [2.75, 3.05) is 12.4 Å². The smallest absolute Gasteiger partial charge is 0.339 e. The summed E-state index contributed by atoms with van der Waals surface area (Å²) < 4.78 is 12.4. The van der Waals surface area contributed by atoms with Crippen LogP contribution in [0.4, 0.5) is 5.69 Å². The number of nitrogens with zero attached hydrogens (tertiary/aromatic N) is 4. The summed E-state index contributed by atoms with van der Waals surface area (Å²) in [4.78, 5) is 23.9. The fourth-order valence-corrected chi connectivity index (χ4v) is 3.07. The lowest BCUT2D eigenvalue weighted by molar-refractivity contribution is 0.0694. The van der Waals surface area contributed by atoms with E-state index in [4.69, 9.17) is 9.15 Å². The maximum Gasteiger partial charge on any atom is 0.339 e. The molecule has 0 radical (unpaired) electrons. The van der Waals surface area contributed by atoms with Crippen LogP contribution < -0.4 is 10.1 Å². The van der Waals surface area contributed by atoms with Gasteiger partial charge in [0.25, 0.3) is 5.91 Å². The number of carbonyl (C=O) groups excluding carboxylic acids is 1. The van der Waals surface area contributed by atoms with Crippen LogP contribution in [-0.4, -0.2) is 44.3 Å². The summed E-state index contributed by atoms with van der Waals surface area (Å²) in [6, 6.07) is 6.29. The summed E-state index contributed by atoms with van der Waals surface area (Å²) in [6.45, 7) is 1.76. The highest BCUT2D eigenvalue weighted by Crippen LogP contribution is 2.40. The molecule has 0 atom stereocenters. The third kappa shape index (κ3) is 3.56. The molecule has 150 valence electrons. The van der Waals surface area contributed by atoms with Gasteiger partial charge in [0.15, 0.2) is 11.6 Å². The van der Waals surface area contributed by atoms with Gasteiger partial charge in [0, 0.05) is 24.1 Å². The molecule has 0 saturated heterocycles. The number of carboxylic acid groups (broad SMARTS) is 1. The number of benzene rings is 1. The van der Waals surface area contributed by atoms with Crippen LogP contribution in [0.5, 0.6) is 5.75 Å². The molecular formula is C19H19N5O5. The second-order valence-corrected chi connectivity index (χ2v) is 6.67. The highest BCUT2D eigenvalue weighted by Gasteiger charge is 2.31. The van der Waals surface area contributed by atoms with Crippen LogP contribution in [0, 0.1) is 0 Å². The van der Waals surface area contributed by atoms with Gasteiger partial charge < -0.3 is 19.6 Å². The number of carbonyl (C=O) groups is 2. The van der Waals surface area contributed by atoms with E-state index in [2.05, 4.69) is 20.8 Å². The first kappa shape index (κ1) is 18.7. The first-order valence-electron chi connectivity index (χ1n) is 9.15. The highest BCUT2D eigenvalue weighted by atomic mass is 16.5. The molecule has 1 aliphatic carbocycles. The number of ether oxygens (including phenoxy) is 1. The van der Waals surface area contributed by atoms with E-state index >= 15 is 0 Å². The summed E-state index contributed by atoms with van der Waals surface area (Å²) in [6.07, 6.45) is 2.43. The van der Waals surface area contributed by atoms with Gasteiger partial charge in [-0.3, -0.25) is 4.79 Å². The number of rotatable bonds is 7. The van der Waals surface area contributed by atoms with Crippen LogP contribution in [0.15, 0.2) is 28.7 Å². The van der Waals surface area contributed by atoms with E-state index in [1.165, 1.54) is 6.07 Å². The number of hydrogen-bond acceptors (Lipinski definition) is 7. The average molecular weight is 397 g/mol. The number of aromatic nitrogens is 4. The number of methoxy groups -OCH3 is 1. The van der Waals surface area contributed by atoms with E-state index in [9.17, 15) is 14.7 Å². The maximum atomic E-state index is 12.6. The van der Waals surface area contributed by atoms with Gasteiger partial charge in [-0.15, -0.1) is 5.10 Å². The fourth-order valence-electron chi connectivity index (χ4n) is 3.07. The Bertz CT molecular complexity index is 1080. The van der Waals surface area contributed by atoms with Crippen molar-refractivity contribution in [3.05, 3.63) is 47.2 Å². The minimum atomic E-state index is -1.14. The Morgan fingerprint density at radius 1 is 1.34 bits per heavy atom. The van der Waals surface area contributed by atoms with Crippen LogP contribution in [-0.2, 0) is 6.42 Å². The molecule has 1 fully saturated rings. The number of nitrogens with one attached hydrogen (secondary N) is 1. The Labute approximate surface area is 165 Å². The molecule has 0 spiro atoms. The zero-order valence-corrected chi connectivity index (χ0v) is 15.9. The Kier molecular flexibility index (Phi) is 4.75. The molecule has 1 amide bonds. The molecular weight excluding hydrogens is 378 g/mol. The summed E-state index contributed by atoms with van der Waals surface area (Å²) in [5.41, 5.74) is 1.04. The number of anilines is 1. The molecule has 1 saturated carbocycles. The van der Waals surface area contributed by atoms with Gasteiger partial charge in [-0.1, -0.05) is 6.92 Å². The predicted molar refractivity (Wildman–Crippen MR) is 101 cm³/mol. The van der Waals surface area contributed by atoms with Gasteiger partial charge in [-0.05, 0) is 41.5 Å². The lowest BCUT2D eigenvalue weighted by Gasteiger charge is -2.12. The number of hydrogen-bond donors (Lipinski definition) is 2. The highest BCUT2D eigenvalue weighted by molar-refractivity contribution is 6.04. The number of amides is 1. The van der Waals surface area contributed by atoms with Crippen molar-refractivity contribution in [2.45, 2.75) is 32.1 Å². The molecule has 0 aliphatic heterocycles. The van der Waals surface area contributed by atoms with Gasteiger partial charge in [-0.25, -0.2) is 4.79 Å². The molecule has 0 bridgehead atoms. The van der Waals surface area contributed by atoms with Crippen LogP contribution in [0.2, 0.25) is 0 Å². The monoisotopic (exact) mass is 397 g/mol.